The number of aryl methyl sites for hydroxylation is 1. The average molecular weight is 182 g/mol. The van der Waals surface area contributed by atoms with Crippen LogP contribution < -0.4 is 11.1 Å². The first-order chi connectivity index (χ1) is 6.24. The molecule has 72 valence electrons. The number of carbonyl (C=O) groups is 1. The van der Waals surface area contributed by atoms with Crippen molar-refractivity contribution in [2.24, 2.45) is 5.73 Å². The van der Waals surface area contributed by atoms with Gasteiger partial charge in [-0.15, -0.1) is 0 Å². The highest BCUT2D eigenvalue weighted by Gasteiger charge is 2.07. The zero-order chi connectivity index (χ0) is 9.68. The van der Waals surface area contributed by atoms with Crippen molar-refractivity contribution >= 4 is 5.91 Å². The van der Waals surface area contributed by atoms with Gasteiger partial charge in [0, 0.05) is 6.54 Å². The van der Waals surface area contributed by atoms with Gasteiger partial charge in [0.15, 0.2) is 5.76 Å². The molecule has 0 aliphatic carbocycles. The third kappa shape index (κ3) is 2.91. The smallest absolute Gasteiger partial charge is 0.286 e. The number of amides is 1. The Bertz CT molecular complexity index is 281. The molecule has 0 atom stereocenters. The molecule has 3 N–H and O–H groups in total. The zero-order valence-electron chi connectivity index (χ0n) is 7.67. The average Bonchev–Trinajstić information content (AvgIpc) is 2.52. The molecule has 1 rings (SSSR count). The van der Waals surface area contributed by atoms with Gasteiger partial charge < -0.3 is 15.5 Å². The van der Waals surface area contributed by atoms with Crippen LogP contribution in [0, 0.1) is 6.92 Å². The minimum atomic E-state index is -0.179. The molecule has 0 aromatic carbocycles. The van der Waals surface area contributed by atoms with Crippen LogP contribution in [0.4, 0.5) is 0 Å². The molecule has 13 heavy (non-hydrogen) atoms. The molecule has 0 aliphatic rings. The Hall–Kier alpha value is -1.29. The summed E-state index contributed by atoms with van der Waals surface area (Å²) in [5.41, 5.74) is 5.28. The van der Waals surface area contributed by atoms with Crippen molar-refractivity contribution in [2.45, 2.75) is 13.3 Å². The zero-order valence-corrected chi connectivity index (χ0v) is 7.67. The summed E-state index contributed by atoms with van der Waals surface area (Å²) >= 11 is 0. The predicted molar refractivity (Wildman–Crippen MR) is 49.4 cm³/mol. The molecule has 0 saturated heterocycles. The Morgan fingerprint density at radius 2 is 2.38 bits per heavy atom. The van der Waals surface area contributed by atoms with Crippen molar-refractivity contribution in [1.29, 1.82) is 0 Å². The summed E-state index contributed by atoms with van der Waals surface area (Å²) in [5.74, 6) is 0.917. The minimum Gasteiger partial charge on any atom is -0.456 e. The predicted octanol–water partition coefficient (Wildman–Crippen LogP) is 0.667. The molecule has 1 amide bonds. The van der Waals surface area contributed by atoms with Crippen molar-refractivity contribution in [3.8, 4) is 0 Å². The van der Waals surface area contributed by atoms with E-state index in [4.69, 9.17) is 10.2 Å². The van der Waals surface area contributed by atoms with E-state index in [0.717, 1.165) is 12.2 Å². The molecule has 0 spiro atoms. The summed E-state index contributed by atoms with van der Waals surface area (Å²) < 4.78 is 5.13. The van der Waals surface area contributed by atoms with Gasteiger partial charge in [0.2, 0.25) is 0 Å². The van der Waals surface area contributed by atoms with E-state index in [2.05, 4.69) is 5.32 Å². The van der Waals surface area contributed by atoms with E-state index in [1.807, 2.05) is 0 Å². The lowest BCUT2D eigenvalue weighted by molar-refractivity contribution is 0.0924. The van der Waals surface area contributed by atoms with Crippen LogP contribution >= 0.6 is 0 Å². The fraction of sp³-hybridized carbons (Fsp3) is 0.444. The quantitative estimate of drug-likeness (QED) is 0.672. The van der Waals surface area contributed by atoms with Gasteiger partial charge in [-0.05, 0) is 32.0 Å². The molecule has 0 radical (unpaired) electrons. The number of hydrogen-bond acceptors (Lipinski definition) is 3. The highest BCUT2D eigenvalue weighted by atomic mass is 16.3. The molecule has 0 unspecified atom stereocenters. The Kier molecular flexibility index (Phi) is 3.52. The van der Waals surface area contributed by atoms with Crippen LogP contribution in [0.15, 0.2) is 16.5 Å². The summed E-state index contributed by atoms with van der Waals surface area (Å²) in [7, 11) is 0. The molecular weight excluding hydrogens is 168 g/mol. The number of carbonyl (C=O) groups excluding carboxylic acids is 1. The van der Waals surface area contributed by atoms with E-state index in [1.165, 1.54) is 0 Å². The highest BCUT2D eigenvalue weighted by Crippen LogP contribution is 2.05. The Labute approximate surface area is 77.1 Å². The number of nitrogens with two attached hydrogens (primary N) is 1. The van der Waals surface area contributed by atoms with Crippen molar-refractivity contribution < 1.29 is 9.21 Å². The number of rotatable bonds is 4. The molecule has 0 saturated carbocycles. The van der Waals surface area contributed by atoms with Crippen LogP contribution in [0.2, 0.25) is 0 Å². The summed E-state index contributed by atoms with van der Waals surface area (Å²) in [6.45, 7) is 2.98. The lowest BCUT2D eigenvalue weighted by Crippen LogP contribution is -2.25. The van der Waals surface area contributed by atoms with E-state index in [1.54, 1.807) is 19.1 Å². The van der Waals surface area contributed by atoms with E-state index in [-0.39, 0.29) is 5.91 Å². The lowest BCUT2D eigenvalue weighted by atomic mass is 10.4. The number of furan rings is 1. The van der Waals surface area contributed by atoms with Crippen molar-refractivity contribution in [1.82, 2.24) is 5.32 Å². The standard InChI is InChI=1S/C9H14N2O2/c1-7-3-4-8(13-7)9(12)11-6-2-5-10/h3-4H,2,5-6,10H2,1H3,(H,11,12). The molecule has 4 nitrogen and oxygen atoms in total. The molecule has 1 aromatic heterocycles. The summed E-state index contributed by atoms with van der Waals surface area (Å²) in [6, 6.07) is 3.42. The first kappa shape index (κ1) is 9.80. The van der Waals surface area contributed by atoms with Crippen LogP contribution in [0.25, 0.3) is 0 Å². The maximum absolute atomic E-state index is 11.3. The second-order valence-corrected chi connectivity index (χ2v) is 2.81. The Morgan fingerprint density at radius 1 is 1.62 bits per heavy atom. The van der Waals surface area contributed by atoms with E-state index < -0.39 is 0 Å². The third-order valence-electron chi connectivity index (χ3n) is 1.63. The van der Waals surface area contributed by atoms with Crippen molar-refractivity contribution in [2.75, 3.05) is 13.1 Å². The molecular formula is C9H14N2O2. The molecule has 0 aliphatic heterocycles. The van der Waals surface area contributed by atoms with Gasteiger partial charge in [-0.1, -0.05) is 0 Å². The Balaban J connectivity index is 2.40. The maximum atomic E-state index is 11.3. The second kappa shape index (κ2) is 4.67. The molecule has 0 fully saturated rings. The molecule has 1 heterocycles. The molecule has 4 heteroatoms. The minimum absolute atomic E-state index is 0.179. The highest BCUT2D eigenvalue weighted by molar-refractivity contribution is 5.91. The van der Waals surface area contributed by atoms with Gasteiger partial charge in [-0.25, -0.2) is 0 Å². The van der Waals surface area contributed by atoms with Crippen LogP contribution in [-0.2, 0) is 0 Å². The second-order valence-electron chi connectivity index (χ2n) is 2.81. The number of hydrogen-bond donors (Lipinski definition) is 2. The van der Waals surface area contributed by atoms with Crippen molar-refractivity contribution in [3.05, 3.63) is 23.7 Å². The van der Waals surface area contributed by atoms with Crippen molar-refractivity contribution in [3.63, 3.8) is 0 Å². The normalized spacial score (nSPS) is 10.0. The first-order valence-corrected chi connectivity index (χ1v) is 4.28. The number of nitrogens with one attached hydrogen (secondary N) is 1. The van der Waals surface area contributed by atoms with E-state index in [9.17, 15) is 4.79 Å². The Morgan fingerprint density at radius 3 is 2.92 bits per heavy atom. The SMILES string of the molecule is Cc1ccc(C(=O)NCCCN)o1. The van der Waals surface area contributed by atoms with E-state index in [0.29, 0.717) is 18.8 Å². The lowest BCUT2D eigenvalue weighted by Gasteiger charge is -2.00. The topological polar surface area (TPSA) is 68.3 Å². The first-order valence-electron chi connectivity index (χ1n) is 4.28. The molecule has 1 aromatic rings. The van der Waals surface area contributed by atoms with Crippen LogP contribution in [0.1, 0.15) is 22.7 Å². The van der Waals surface area contributed by atoms with Gasteiger partial charge in [0.05, 0.1) is 0 Å². The van der Waals surface area contributed by atoms with Gasteiger partial charge in [-0.3, -0.25) is 4.79 Å². The summed E-state index contributed by atoms with van der Waals surface area (Å²) in [4.78, 5) is 11.3. The summed E-state index contributed by atoms with van der Waals surface area (Å²) in [5, 5.41) is 2.70. The maximum Gasteiger partial charge on any atom is 0.286 e. The fourth-order valence-corrected chi connectivity index (χ4v) is 0.948. The summed E-state index contributed by atoms with van der Waals surface area (Å²) in [6.07, 6.45) is 0.783. The van der Waals surface area contributed by atoms with Crippen LogP contribution in [0.5, 0.6) is 0 Å². The van der Waals surface area contributed by atoms with E-state index >= 15 is 0 Å². The van der Waals surface area contributed by atoms with Gasteiger partial charge in [-0.2, -0.15) is 0 Å². The molecule has 0 bridgehead atoms. The van der Waals surface area contributed by atoms with Gasteiger partial charge in [0.25, 0.3) is 5.91 Å². The largest absolute Gasteiger partial charge is 0.456 e. The van der Waals surface area contributed by atoms with Crippen LogP contribution in [0.3, 0.4) is 0 Å². The third-order valence-corrected chi connectivity index (χ3v) is 1.63. The monoisotopic (exact) mass is 182 g/mol. The van der Waals surface area contributed by atoms with Gasteiger partial charge >= 0.3 is 0 Å². The van der Waals surface area contributed by atoms with Gasteiger partial charge in [0.1, 0.15) is 5.76 Å². The van der Waals surface area contributed by atoms with Crippen LogP contribution in [-0.4, -0.2) is 19.0 Å². The fourth-order valence-electron chi connectivity index (χ4n) is 0.948.